The summed E-state index contributed by atoms with van der Waals surface area (Å²) in [6.07, 6.45) is 25.7. The van der Waals surface area contributed by atoms with E-state index in [4.69, 9.17) is 21.1 Å². The van der Waals surface area contributed by atoms with Crippen LogP contribution in [-0.4, -0.2) is 86.6 Å². The van der Waals surface area contributed by atoms with Crippen molar-refractivity contribution >= 4 is 29.4 Å². The molecule has 0 aromatic heterocycles. The zero-order valence-electron chi connectivity index (χ0n) is 30.2. The molecule has 45 heavy (non-hydrogen) atoms. The summed E-state index contributed by atoms with van der Waals surface area (Å²) < 4.78 is 11.4. The summed E-state index contributed by atoms with van der Waals surface area (Å²) in [6.45, 7) is 5.70. The molecule has 0 spiro atoms. The molecular weight excluding hydrogens is 588 g/mol. The highest BCUT2D eigenvalue weighted by Crippen LogP contribution is 2.17. The number of nitrogens with zero attached hydrogens (tertiary/aromatic N) is 2. The van der Waals surface area contributed by atoms with Crippen LogP contribution in [0, 0.1) is 0 Å². The second-order valence-corrected chi connectivity index (χ2v) is 14.6. The predicted octanol–water partition coefficient (Wildman–Crippen LogP) is 9.23. The molecule has 0 radical (unpaired) electrons. The van der Waals surface area contributed by atoms with Crippen molar-refractivity contribution in [3.05, 3.63) is 0 Å². The third-order valence-electron chi connectivity index (χ3n) is 8.21. The number of carbonyl (C=O) groups excluding carboxylic acids is 3. The molecule has 7 nitrogen and oxygen atoms in total. The van der Waals surface area contributed by atoms with Gasteiger partial charge in [0.05, 0.1) is 34.2 Å². The van der Waals surface area contributed by atoms with Gasteiger partial charge in [-0.3, -0.25) is 14.4 Å². The molecule has 0 aromatic rings. The Morgan fingerprint density at radius 3 is 1.36 bits per heavy atom. The summed E-state index contributed by atoms with van der Waals surface area (Å²) in [5.74, 6) is -0.490. The molecule has 0 aromatic carbocycles. The molecule has 0 rings (SSSR count). The lowest BCUT2D eigenvalue weighted by atomic mass is 10.0. The Morgan fingerprint density at radius 2 is 0.933 bits per heavy atom. The van der Waals surface area contributed by atoms with Crippen molar-refractivity contribution in [3.63, 3.8) is 0 Å². The Bertz CT molecular complexity index is 728. The molecule has 1 amide bonds. The van der Waals surface area contributed by atoms with Gasteiger partial charge in [0, 0.05) is 18.2 Å². The normalized spacial score (nSPS) is 12.2. The summed E-state index contributed by atoms with van der Waals surface area (Å²) in [7, 11) is 5.88. The number of unbranched alkanes of at least 4 members (excludes halogenated alkanes) is 16. The van der Waals surface area contributed by atoms with E-state index in [0.717, 1.165) is 38.5 Å². The van der Waals surface area contributed by atoms with E-state index in [9.17, 15) is 14.4 Å². The third kappa shape index (κ3) is 31.0. The molecule has 0 N–H and O–H groups in total. The lowest BCUT2D eigenvalue weighted by molar-refractivity contribution is -0.862. The largest absolute Gasteiger partial charge is 0.464 e. The molecule has 8 heteroatoms. The van der Waals surface area contributed by atoms with Crippen molar-refractivity contribution in [1.29, 1.82) is 0 Å². The van der Waals surface area contributed by atoms with Gasteiger partial charge in [0.25, 0.3) is 5.91 Å². The maximum absolute atomic E-state index is 12.9. The summed E-state index contributed by atoms with van der Waals surface area (Å²) in [5, 5.41) is 0.182. The molecule has 0 fully saturated rings. The van der Waals surface area contributed by atoms with Crippen LogP contribution in [0.3, 0.4) is 0 Å². The van der Waals surface area contributed by atoms with Gasteiger partial charge in [0.15, 0.2) is 6.54 Å². The SMILES string of the molecule is CCCCCCCCCCCCCC(=O)OCCN(CCOC(=O)CCCCC(Cl)CCCCCCCC)C(=O)C[N+](C)(C)C. The number of hydrogen-bond donors (Lipinski definition) is 0. The number of carbonyl (C=O) groups is 3. The van der Waals surface area contributed by atoms with Crippen LogP contribution in [0.5, 0.6) is 0 Å². The highest BCUT2D eigenvalue weighted by Gasteiger charge is 2.21. The van der Waals surface area contributed by atoms with Crippen LogP contribution < -0.4 is 0 Å². The van der Waals surface area contributed by atoms with Crippen LogP contribution in [0.4, 0.5) is 0 Å². The van der Waals surface area contributed by atoms with E-state index >= 15 is 0 Å². The zero-order chi connectivity index (χ0) is 33.6. The van der Waals surface area contributed by atoms with Gasteiger partial charge in [-0.1, -0.05) is 123 Å². The Hall–Kier alpha value is -1.34. The zero-order valence-corrected chi connectivity index (χ0v) is 30.9. The fourth-order valence-corrected chi connectivity index (χ4v) is 5.72. The van der Waals surface area contributed by atoms with E-state index in [-0.39, 0.29) is 36.4 Å². The molecule has 0 heterocycles. The molecule has 0 aliphatic rings. The summed E-state index contributed by atoms with van der Waals surface area (Å²) in [4.78, 5) is 39.1. The van der Waals surface area contributed by atoms with E-state index in [0.29, 0.717) is 37.0 Å². The number of halogens is 1. The fraction of sp³-hybridized carbons (Fsp3) is 0.919. The molecule has 0 saturated heterocycles. The Labute approximate surface area is 283 Å². The lowest BCUT2D eigenvalue weighted by Crippen LogP contribution is -2.48. The van der Waals surface area contributed by atoms with E-state index in [1.54, 1.807) is 4.90 Å². The van der Waals surface area contributed by atoms with Crippen molar-refractivity contribution in [1.82, 2.24) is 4.90 Å². The minimum atomic E-state index is -0.241. The van der Waals surface area contributed by atoms with Gasteiger partial charge < -0.3 is 18.9 Å². The lowest BCUT2D eigenvalue weighted by Gasteiger charge is -2.28. The van der Waals surface area contributed by atoms with Crippen molar-refractivity contribution in [3.8, 4) is 0 Å². The quantitative estimate of drug-likeness (QED) is 0.0312. The van der Waals surface area contributed by atoms with Crippen molar-refractivity contribution < 1.29 is 28.3 Å². The van der Waals surface area contributed by atoms with Crippen LogP contribution in [0.25, 0.3) is 0 Å². The molecule has 1 atom stereocenters. The van der Waals surface area contributed by atoms with Crippen molar-refractivity contribution in [2.24, 2.45) is 0 Å². The number of likely N-dealkylation sites (N-methyl/N-ethyl adjacent to an activating group) is 1. The Morgan fingerprint density at radius 1 is 0.578 bits per heavy atom. The first-order chi connectivity index (χ1) is 21.6. The van der Waals surface area contributed by atoms with E-state index in [1.165, 1.54) is 96.3 Å². The second-order valence-electron chi connectivity index (χ2n) is 14.0. The Balaban J connectivity index is 4.15. The first-order valence-corrected chi connectivity index (χ1v) is 19.1. The van der Waals surface area contributed by atoms with Gasteiger partial charge in [0.2, 0.25) is 0 Å². The van der Waals surface area contributed by atoms with Gasteiger partial charge in [-0.05, 0) is 25.7 Å². The first-order valence-electron chi connectivity index (χ1n) is 18.6. The first kappa shape index (κ1) is 43.7. The predicted molar refractivity (Wildman–Crippen MR) is 189 cm³/mol. The maximum Gasteiger partial charge on any atom is 0.305 e. The van der Waals surface area contributed by atoms with Gasteiger partial charge >= 0.3 is 11.9 Å². The minimum absolute atomic E-state index is 0.0431. The summed E-state index contributed by atoms with van der Waals surface area (Å²) >= 11 is 6.47. The van der Waals surface area contributed by atoms with Crippen molar-refractivity contribution in [2.75, 3.05) is 54.0 Å². The molecule has 0 bridgehead atoms. The average molecular weight is 660 g/mol. The third-order valence-corrected chi connectivity index (χ3v) is 8.65. The van der Waals surface area contributed by atoms with Crippen LogP contribution >= 0.6 is 11.6 Å². The average Bonchev–Trinajstić information content (AvgIpc) is 2.98. The summed E-state index contributed by atoms with van der Waals surface area (Å²) in [6, 6.07) is 0. The molecule has 0 aliphatic carbocycles. The summed E-state index contributed by atoms with van der Waals surface area (Å²) in [5.41, 5.74) is 0. The van der Waals surface area contributed by atoms with Gasteiger partial charge in [-0.2, -0.15) is 0 Å². The molecule has 1 unspecified atom stereocenters. The fourth-order valence-electron chi connectivity index (χ4n) is 5.41. The van der Waals surface area contributed by atoms with E-state index < -0.39 is 0 Å². The standard InChI is InChI=1S/C37H72ClN2O5/c1-6-8-10-12-14-15-16-17-18-20-22-27-36(42)44-31-29-39(35(41)33-40(3,4)5)30-32-45-37(43)28-24-23-26-34(38)25-21-19-13-11-9-7-2/h34H,6-33H2,1-5H3/q+1. The van der Waals surface area contributed by atoms with E-state index in [2.05, 4.69) is 13.8 Å². The highest BCUT2D eigenvalue weighted by atomic mass is 35.5. The second kappa shape index (κ2) is 30.0. The van der Waals surface area contributed by atoms with Crippen molar-refractivity contribution in [2.45, 2.75) is 167 Å². The van der Waals surface area contributed by atoms with Crippen LogP contribution in [0.2, 0.25) is 0 Å². The number of rotatable bonds is 32. The van der Waals surface area contributed by atoms with Crippen LogP contribution in [0.15, 0.2) is 0 Å². The topological polar surface area (TPSA) is 72.9 Å². The number of ether oxygens (including phenoxy) is 2. The van der Waals surface area contributed by atoms with Gasteiger partial charge in [-0.25, -0.2) is 0 Å². The maximum atomic E-state index is 12.9. The number of hydrogen-bond acceptors (Lipinski definition) is 5. The monoisotopic (exact) mass is 660 g/mol. The van der Waals surface area contributed by atoms with Crippen LogP contribution in [-0.2, 0) is 23.9 Å². The molecule has 0 aliphatic heterocycles. The molecular formula is C37H72ClN2O5+. The molecule has 266 valence electrons. The number of alkyl halides is 1. The number of esters is 2. The highest BCUT2D eigenvalue weighted by molar-refractivity contribution is 6.20. The van der Waals surface area contributed by atoms with Gasteiger partial charge in [-0.15, -0.1) is 11.6 Å². The smallest absolute Gasteiger partial charge is 0.305 e. The van der Waals surface area contributed by atoms with E-state index in [1.807, 2.05) is 21.1 Å². The van der Waals surface area contributed by atoms with Gasteiger partial charge in [0.1, 0.15) is 13.2 Å². The Kier molecular flexibility index (Phi) is 29.1. The number of quaternary nitrogens is 1. The van der Waals surface area contributed by atoms with Crippen LogP contribution in [0.1, 0.15) is 162 Å². The molecule has 0 saturated carbocycles. The number of amides is 1. The minimum Gasteiger partial charge on any atom is -0.464 e.